The zero-order valence-electron chi connectivity index (χ0n) is 13.1. The number of hydrogen-bond donors (Lipinski definition) is 1. The van der Waals surface area contributed by atoms with Gasteiger partial charge in [-0.1, -0.05) is 6.42 Å². The summed E-state index contributed by atoms with van der Waals surface area (Å²) in [4.78, 5) is 14.5. The molecule has 4 fully saturated rings. The fourth-order valence-electron chi connectivity index (χ4n) is 5.71. The third-order valence-electron chi connectivity index (χ3n) is 6.59. The second kappa shape index (κ2) is 5.54. The maximum absolute atomic E-state index is 12.5. The fraction of sp³-hybridized carbons (Fsp3) is 0.941. The SMILES string of the molecule is CC(NC1CC2CC1C1CCCC21)C(=O)N1CCOCC1. The van der Waals surface area contributed by atoms with Crippen molar-refractivity contribution < 1.29 is 9.53 Å². The van der Waals surface area contributed by atoms with E-state index in [1.165, 1.54) is 32.1 Å². The van der Waals surface area contributed by atoms with Crippen LogP contribution in [0.5, 0.6) is 0 Å². The molecule has 1 amide bonds. The second-order valence-corrected chi connectivity index (χ2v) is 7.59. The molecular weight excluding hydrogens is 264 g/mol. The third-order valence-corrected chi connectivity index (χ3v) is 6.59. The predicted molar refractivity (Wildman–Crippen MR) is 80.8 cm³/mol. The highest BCUT2D eigenvalue weighted by Crippen LogP contribution is 2.58. The third kappa shape index (κ3) is 2.40. The van der Waals surface area contributed by atoms with Crippen LogP contribution in [0.4, 0.5) is 0 Å². The number of nitrogens with zero attached hydrogens (tertiary/aromatic N) is 1. The van der Waals surface area contributed by atoms with E-state index in [9.17, 15) is 4.79 Å². The summed E-state index contributed by atoms with van der Waals surface area (Å²) < 4.78 is 5.34. The molecule has 2 bridgehead atoms. The van der Waals surface area contributed by atoms with Gasteiger partial charge >= 0.3 is 0 Å². The average Bonchev–Trinajstić information content (AvgIpc) is 3.19. The Morgan fingerprint density at radius 1 is 1.14 bits per heavy atom. The molecule has 3 aliphatic carbocycles. The van der Waals surface area contributed by atoms with E-state index in [0.29, 0.717) is 19.3 Å². The number of amides is 1. The van der Waals surface area contributed by atoms with Gasteiger partial charge in [0.2, 0.25) is 5.91 Å². The summed E-state index contributed by atoms with van der Waals surface area (Å²) in [5, 5.41) is 3.69. The molecule has 0 aromatic heterocycles. The van der Waals surface area contributed by atoms with Gasteiger partial charge in [0.1, 0.15) is 0 Å². The van der Waals surface area contributed by atoms with Crippen LogP contribution in [-0.2, 0) is 9.53 Å². The normalized spacial score (nSPS) is 43.1. The quantitative estimate of drug-likeness (QED) is 0.860. The average molecular weight is 292 g/mol. The Labute approximate surface area is 127 Å². The lowest BCUT2D eigenvalue weighted by Crippen LogP contribution is -2.53. The van der Waals surface area contributed by atoms with Crippen LogP contribution < -0.4 is 5.32 Å². The summed E-state index contributed by atoms with van der Waals surface area (Å²) in [5.41, 5.74) is 0. The number of ether oxygens (including phenoxy) is 1. The molecule has 1 aliphatic heterocycles. The van der Waals surface area contributed by atoms with E-state index in [-0.39, 0.29) is 11.9 Å². The van der Waals surface area contributed by atoms with Gasteiger partial charge in [-0.15, -0.1) is 0 Å². The Kier molecular flexibility index (Phi) is 3.70. The van der Waals surface area contributed by atoms with Crippen molar-refractivity contribution in [2.24, 2.45) is 23.7 Å². The first-order valence-electron chi connectivity index (χ1n) is 8.86. The Hall–Kier alpha value is -0.610. The summed E-state index contributed by atoms with van der Waals surface area (Å²) in [6.45, 7) is 4.95. The predicted octanol–water partition coefficient (Wildman–Crippen LogP) is 1.65. The van der Waals surface area contributed by atoms with Crippen molar-refractivity contribution in [3.8, 4) is 0 Å². The topological polar surface area (TPSA) is 41.6 Å². The lowest BCUT2D eigenvalue weighted by atomic mass is 9.79. The number of nitrogens with one attached hydrogen (secondary N) is 1. The summed E-state index contributed by atoms with van der Waals surface area (Å²) in [6, 6.07) is 0.557. The minimum Gasteiger partial charge on any atom is -0.378 e. The highest BCUT2D eigenvalue weighted by atomic mass is 16.5. The summed E-state index contributed by atoms with van der Waals surface area (Å²) in [5.74, 6) is 4.06. The largest absolute Gasteiger partial charge is 0.378 e. The first kappa shape index (κ1) is 14.0. The molecule has 118 valence electrons. The van der Waals surface area contributed by atoms with E-state index >= 15 is 0 Å². The van der Waals surface area contributed by atoms with Crippen LogP contribution in [0.1, 0.15) is 39.0 Å². The van der Waals surface area contributed by atoms with Gasteiger partial charge in [0.15, 0.2) is 0 Å². The van der Waals surface area contributed by atoms with Gasteiger partial charge in [0.05, 0.1) is 19.3 Å². The number of carbonyl (C=O) groups is 1. The van der Waals surface area contributed by atoms with Crippen molar-refractivity contribution in [2.75, 3.05) is 26.3 Å². The minimum absolute atomic E-state index is 0.0349. The molecule has 4 heteroatoms. The van der Waals surface area contributed by atoms with E-state index in [1.807, 2.05) is 4.90 Å². The molecule has 6 unspecified atom stereocenters. The Morgan fingerprint density at radius 3 is 2.71 bits per heavy atom. The molecule has 1 saturated heterocycles. The number of fused-ring (bicyclic) bond motifs is 5. The number of rotatable bonds is 3. The summed E-state index contributed by atoms with van der Waals surface area (Å²) in [7, 11) is 0. The van der Waals surface area contributed by atoms with Crippen LogP contribution >= 0.6 is 0 Å². The van der Waals surface area contributed by atoms with Crippen LogP contribution in [-0.4, -0.2) is 49.2 Å². The molecule has 1 heterocycles. The van der Waals surface area contributed by atoms with Gasteiger partial charge in [-0.3, -0.25) is 4.79 Å². The molecule has 0 aromatic carbocycles. The van der Waals surface area contributed by atoms with Crippen molar-refractivity contribution in [3.05, 3.63) is 0 Å². The molecule has 0 aromatic rings. The van der Waals surface area contributed by atoms with E-state index in [4.69, 9.17) is 4.74 Å². The van der Waals surface area contributed by atoms with Gasteiger partial charge in [-0.2, -0.15) is 0 Å². The lowest BCUT2D eigenvalue weighted by molar-refractivity contribution is -0.137. The Bertz CT molecular complexity index is 408. The van der Waals surface area contributed by atoms with Gasteiger partial charge in [-0.05, 0) is 56.3 Å². The highest BCUT2D eigenvalue weighted by Gasteiger charge is 2.53. The first-order chi connectivity index (χ1) is 10.2. The lowest BCUT2D eigenvalue weighted by Gasteiger charge is -2.35. The number of hydrogen-bond acceptors (Lipinski definition) is 3. The van der Waals surface area contributed by atoms with Crippen molar-refractivity contribution in [2.45, 2.75) is 51.1 Å². The molecule has 6 atom stereocenters. The van der Waals surface area contributed by atoms with E-state index in [1.54, 1.807) is 0 Å². The molecule has 4 rings (SSSR count). The van der Waals surface area contributed by atoms with Crippen molar-refractivity contribution in [1.82, 2.24) is 10.2 Å². The smallest absolute Gasteiger partial charge is 0.239 e. The maximum atomic E-state index is 12.5. The zero-order chi connectivity index (χ0) is 14.4. The van der Waals surface area contributed by atoms with Crippen LogP contribution in [0.25, 0.3) is 0 Å². The standard InChI is InChI=1S/C17H28N2O2/c1-11(17(20)19-5-7-21-8-6-19)18-16-10-12-9-15(16)14-4-2-3-13(12)14/h11-16,18H,2-10H2,1H3. The summed E-state index contributed by atoms with van der Waals surface area (Å²) in [6.07, 6.45) is 7.09. The molecule has 4 aliphatic rings. The van der Waals surface area contributed by atoms with Crippen molar-refractivity contribution in [3.63, 3.8) is 0 Å². The molecule has 1 N–H and O–H groups in total. The number of carbonyl (C=O) groups excluding carboxylic acids is 1. The molecule has 0 radical (unpaired) electrons. The van der Waals surface area contributed by atoms with Gasteiger partial charge < -0.3 is 15.0 Å². The molecule has 3 saturated carbocycles. The van der Waals surface area contributed by atoms with Gasteiger partial charge in [0, 0.05) is 19.1 Å². The van der Waals surface area contributed by atoms with E-state index in [0.717, 1.165) is 36.8 Å². The summed E-state index contributed by atoms with van der Waals surface area (Å²) >= 11 is 0. The minimum atomic E-state index is -0.0349. The van der Waals surface area contributed by atoms with E-state index in [2.05, 4.69) is 12.2 Å². The Morgan fingerprint density at radius 2 is 1.90 bits per heavy atom. The maximum Gasteiger partial charge on any atom is 0.239 e. The molecule has 4 nitrogen and oxygen atoms in total. The number of morpholine rings is 1. The van der Waals surface area contributed by atoms with Crippen LogP contribution in [0, 0.1) is 23.7 Å². The fourth-order valence-corrected chi connectivity index (χ4v) is 5.71. The van der Waals surface area contributed by atoms with Crippen LogP contribution in [0.2, 0.25) is 0 Å². The van der Waals surface area contributed by atoms with Crippen LogP contribution in [0.3, 0.4) is 0 Å². The molecular formula is C17H28N2O2. The highest BCUT2D eigenvalue weighted by molar-refractivity contribution is 5.81. The van der Waals surface area contributed by atoms with Crippen molar-refractivity contribution >= 4 is 5.91 Å². The Balaban J connectivity index is 1.35. The van der Waals surface area contributed by atoms with E-state index < -0.39 is 0 Å². The first-order valence-corrected chi connectivity index (χ1v) is 8.86. The zero-order valence-corrected chi connectivity index (χ0v) is 13.1. The van der Waals surface area contributed by atoms with Gasteiger partial charge in [-0.25, -0.2) is 0 Å². The van der Waals surface area contributed by atoms with Crippen LogP contribution in [0.15, 0.2) is 0 Å². The molecule has 0 spiro atoms. The monoisotopic (exact) mass is 292 g/mol. The van der Waals surface area contributed by atoms with Gasteiger partial charge in [0.25, 0.3) is 0 Å². The second-order valence-electron chi connectivity index (χ2n) is 7.59. The molecule has 21 heavy (non-hydrogen) atoms. The van der Waals surface area contributed by atoms with Crippen molar-refractivity contribution in [1.29, 1.82) is 0 Å².